The number of hydrogen-bond acceptors (Lipinski definition) is 4. The Hall–Kier alpha value is -1.75. The Labute approximate surface area is 122 Å². The zero-order valence-electron chi connectivity index (χ0n) is 11.8. The number of thioether (sulfide) groups is 1. The molecule has 2 amide bonds. The van der Waals surface area contributed by atoms with E-state index in [0.29, 0.717) is 17.4 Å². The number of carbonyl (C=O) groups is 2. The summed E-state index contributed by atoms with van der Waals surface area (Å²) in [7, 11) is 1.49. The van der Waals surface area contributed by atoms with E-state index in [2.05, 4.69) is 13.8 Å². The van der Waals surface area contributed by atoms with Crippen LogP contribution in [0.5, 0.6) is 5.75 Å². The van der Waals surface area contributed by atoms with Crippen molar-refractivity contribution in [1.82, 2.24) is 4.90 Å². The van der Waals surface area contributed by atoms with Gasteiger partial charge in [-0.05, 0) is 41.5 Å². The zero-order valence-corrected chi connectivity index (χ0v) is 12.6. The van der Waals surface area contributed by atoms with Crippen molar-refractivity contribution in [3.63, 3.8) is 0 Å². The third kappa shape index (κ3) is 3.42. The molecule has 0 aromatic heterocycles. The van der Waals surface area contributed by atoms with Gasteiger partial charge in [-0.1, -0.05) is 26.0 Å². The second-order valence-electron chi connectivity index (χ2n) is 5.01. The van der Waals surface area contributed by atoms with Crippen molar-refractivity contribution in [2.75, 3.05) is 13.7 Å². The summed E-state index contributed by atoms with van der Waals surface area (Å²) in [5.74, 6) is 1.03. The monoisotopic (exact) mass is 291 g/mol. The Balaban J connectivity index is 2.07. The van der Waals surface area contributed by atoms with E-state index >= 15 is 0 Å². The van der Waals surface area contributed by atoms with Crippen LogP contribution in [0.4, 0.5) is 4.79 Å². The lowest BCUT2D eigenvalue weighted by molar-refractivity contribution is -0.121. The molecule has 4 nitrogen and oxygen atoms in total. The quantitative estimate of drug-likeness (QED) is 0.798. The molecule has 0 spiro atoms. The SMILES string of the molecule is CC(C)COc1ccc(/C=C2\SC(=O)N(C)C2=O)cc1. The first-order chi connectivity index (χ1) is 9.47. The van der Waals surface area contributed by atoms with Gasteiger partial charge >= 0.3 is 0 Å². The summed E-state index contributed by atoms with van der Waals surface area (Å²) in [5, 5.41) is -0.238. The Morgan fingerprint density at radius 3 is 2.40 bits per heavy atom. The van der Waals surface area contributed by atoms with Gasteiger partial charge in [-0.3, -0.25) is 14.5 Å². The molecule has 0 atom stereocenters. The first-order valence-electron chi connectivity index (χ1n) is 6.42. The molecule has 0 unspecified atom stereocenters. The number of amides is 2. The van der Waals surface area contributed by atoms with Gasteiger partial charge in [0.25, 0.3) is 11.1 Å². The van der Waals surface area contributed by atoms with Crippen LogP contribution in [0.2, 0.25) is 0 Å². The summed E-state index contributed by atoms with van der Waals surface area (Å²) in [6, 6.07) is 7.48. The van der Waals surface area contributed by atoms with E-state index in [1.165, 1.54) is 7.05 Å². The number of hydrogen-bond donors (Lipinski definition) is 0. The van der Waals surface area contributed by atoms with Crippen molar-refractivity contribution in [2.24, 2.45) is 5.92 Å². The van der Waals surface area contributed by atoms with E-state index in [9.17, 15) is 9.59 Å². The van der Waals surface area contributed by atoms with Crippen LogP contribution in [0.1, 0.15) is 19.4 Å². The van der Waals surface area contributed by atoms with Gasteiger partial charge in [-0.15, -0.1) is 0 Å². The van der Waals surface area contributed by atoms with Crippen LogP contribution in [0.15, 0.2) is 29.2 Å². The predicted molar refractivity (Wildman–Crippen MR) is 80.5 cm³/mol. The summed E-state index contributed by atoms with van der Waals surface area (Å²) in [4.78, 5) is 24.7. The van der Waals surface area contributed by atoms with E-state index in [-0.39, 0.29) is 11.1 Å². The molecular weight excluding hydrogens is 274 g/mol. The van der Waals surface area contributed by atoms with Gasteiger partial charge in [0, 0.05) is 7.05 Å². The highest BCUT2D eigenvalue weighted by atomic mass is 32.2. The minimum absolute atomic E-state index is 0.238. The first-order valence-corrected chi connectivity index (χ1v) is 7.23. The molecule has 1 aromatic carbocycles. The van der Waals surface area contributed by atoms with E-state index in [0.717, 1.165) is 28.0 Å². The van der Waals surface area contributed by atoms with Crippen LogP contribution in [-0.4, -0.2) is 29.7 Å². The summed E-state index contributed by atoms with van der Waals surface area (Å²) in [5.41, 5.74) is 0.876. The van der Waals surface area contributed by atoms with Crippen LogP contribution >= 0.6 is 11.8 Å². The van der Waals surface area contributed by atoms with Gasteiger partial charge in [0.1, 0.15) is 5.75 Å². The lowest BCUT2D eigenvalue weighted by Crippen LogP contribution is -2.22. The van der Waals surface area contributed by atoms with Crippen molar-refractivity contribution in [1.29, 1.82) is 0 Å². The summed E-state index contributed by atoms with van der Waals surface area (Å²) in [6.45, 7) is 4.86. The molecule has 0 N–H and O–H groups in total. The van der Waals surface area contributed by atoms with Gasteiger partial charge in [0.2, 0.25) is 0 Å². The molecule has 1 heterocycles. The summed E-state index contributed by atoms with van der Waals surface area (Å²) in [6.07, 6.45) is 1.72. The van der Waals surface area contributed by atoms with Crippen LogP contribution in [0, 0.1) is 5.92 Å². The molecule has 106 valence electrons. The molecule has 5 heteroatoms. The lowest BCUT2D eigenvalue weighted by atomic mass is 10.2. The largest absolute Gasteiger partial charge is 0.493 e. The van der Waals surface area contributed by atoms with Crippen LogP contribution in [-0.2, 0) is 4.79 Å². The topological polar surface area (TPSA) is 46.6 Å². The van der Waals surface area contributed by atoms with Gasteiger partial charge in [0.05, 0.1) is 11.5 Å². The number of benzene rings is 1. The Bertz CT molecular complexity index is 549. The number of carbonyl (C=O) groups excluding carboxylic acids is 2. The molecule has 0 radical (unpaired) electrons. The van der Waals surface area contributed by atoms with Gasteiger partial charge in [0.15, 0.2) is 0 Å². The van der Waals surface area contributed by atoms with E-state index in [4.69, 9.17) is 4.74 Å². The average Bonchev–Trinajstić information content (AvgIpc) is 2.65. The molecule has 1 aliphatic rings. The van der Waals surface area contributed by atoms with Crippen LogP contribution < -0.4 is 4.74 Å². The Kier molecular flexibility index (Phi) is 4.49. The molecule has 0 saturated carbocycles. The average molecular weight is 291 g/mol. The minimum Gasteiger partial charge on any atom is -0.493 e. The minimum atomic E-state index is -0.250. The molecule has 1 fully saturated rings. The number of nitrogens with zero attached hydrogens (tertiary/aromatic N) is 1. The maximum Gasteiger partial charge on any atom is 0.293 e. The molecule has 1 saturated heterocycles. The molecule has 1 aliphatic heterocycles. The first kappa shape index (κ1) is 14.7. The molecule has 0 aliphatic carbocycles. The second kappa shape index (κ2) is 6.13. The van der Waals surface area contributed by atoms with Gasteiger partial charge < -0.3 is 4.74 Å². The number of ether oxygens (including phenoxy) is 1. The molecule has 0 bridgehead atoms. The smallest absolute Gasteiger partial charge is 0.293 e. The molecule has 2 rings (SSSR count). The maximum atomic E-state index is 11.8. The van der Waals surface area contributed by atoms with E-state index in [1.54, 1.807) is 6.08 Å². The van der Waals surface area contributed by atoms with Gasteiger partial charge in [-0.25, -0.2) is 0 Å². The highest BCUT2D eigenvalue weighted by molar-refractivity contribution is 8.18. The van der Waals surface area contributed by atoms with Crippen molar-refractivity contribution in [2.45, 2.75) is 13.8 Å². The molecule has 1 aromatic rings. The highest BCUT2D eigenvalue weighted by Gasteiger charge is 2.31. The lowest BCUT2D eigenvalue weighted by Gasteiger charge is -2.08. The third-order valence-corrected chi connectivity index (χ3v) is 3.71. The maximum absolute atomic E-state index is 11.8. The predicted octanol–water partition coefficient (Wildman–Crippen LogP) is 3.39. The zero-order chi connectivity index (χ0) is 14.7. The van der Waals surface area contributed by atoms with E-state index < -0.39 is 0 Å². The van der Waals surface area contributed by atoms with Crippen molar-refractivity contribution in [3.8, 4) is 5.75 Å². The number of rotatable bonds is 4. The second-order valence-corrected chi connectivity index (χ2v) is 6.01. The van der Waals surface area contributed by atoms with Crippen molar-refractivity contribution < 1.29 is 14.3 Å². The Morgan fingerprint density at radius 1 is 1.25 bits per heavy atom. The summed E-state index contributed by atoms with van der Waals surface area (Å²) >= 11 is 0.962. The fourth-order valence-corrected chi connectivity index (χ4v) is 2.45. The van der Waals surface area contributed by atoms with Gasteiger partial charge in [-0.2, -0.15) is 0 Å². The van der Waals surface area contributed by atoms with Crippen LogP contribution in [0.3, 0.4) is 0 Å². The molecule has 20 heavy (non-hydrogen) atoms. The fraction of sp³-hybridized carbons (Fsp3) is 0.333. The normalized spacial score (nSPS) is 17.4. The standard InChI is InChI=1S/C15H17NO3S/c1-10(2)9-19-12-6-4-11(5-7-12)8-13-14(17)16(3)15(18)20-13/h4-8,10H,9H2,1-3H3/b13-8-. The number of imide groups is 1. The van der Waals surface area contributed by atoms with Crippen molar-refractivity contribution in [3.05, 3.63) is 34.7 Å². The van der Waals surface area contributed by atoms with Crippen molar-refractivity contribution >= 4 is 29.0 Å². The summed E-state index contributed by atoms with van der Waals surface area (Å²) < 4.78 is 5.59. The molecular formula is C15H17NO3S. The van der Waals surface area contributed by atoms with E-state index in [1.807, 2.05) is 24.3 Å². The Morgan fingerprint density at radius 2 is 1.90 bits per heavy atom. The third-order valence-electron chi connectivity index (χ3n) is 2.75. The van der Waals surface area contributed by atoms with Crippen LogP contribution in [0.25, 0.3) is 6.08 Å². The fourth-order valence-electron chi connectivity index (χ4n) is 1.62. The number of likely N-dealkylation sites (N-methyl/N-ethyl adjacent to an activating group) is 1. The highest BCUT2D eigenvalue weighted by Crippen LogP contribution is 2.31.